The Morgan fingerprint density at radius 2 is 1.91 bits per heavy atom. The van der Waals surface area contributed by atoms with Gasteiger partial charge in [0.15, 0.2) is 5.82 Å². The number of piperazine rings is 1. The predicted molar refractivity (Wildman–Crippen MR) is 88.3 cm³/mol. The largest absolute Gasteiger partial charge is 0.368 e. The molecule has 0 radical (unpaired) electrons. The third kappa shape index (κ3) is 2.90. The molecule has 1 aliphatic rings. The van der Waals surface area contributed by atoms with E-state index in [-0.39, 0.29) is 0 Å². The van der Waals surface area contributed by atoms with Gasteiger partial charge in [-0.3, -0.25) is 9.88 Å². The van der Waals surface area contributed by atoms with Gasteiger partial charge in [0.1, 0.15) is 0 Å². The topological polar surface area (TPSA) is 58.3 Å². The van der Waals surface area contributed by atoms with Crippen LogP contribution in [0.2, 0.25) is 0 Å². The molecule has 6 heteroatoms. The number of anilines is 1. The molecule has 2 aromatic heterocycles. The zero-order chi connectivity index (χ0) is 15.6. The molecule has 0 atom stereocenters. The average molecular weight is 309 g/mol. The second-order valence-corrected chi connectivity index (χ2v) is 5.84. The molecule has 118 valence electrons. The van der Waals surface area contributed by atoms with Crippen LogP contribution in [-0.4, -0.2) is 46.2 Å². The van der Waals surface area contributed by atoms with E-state index in [2.05, 4.69) is 49.2 Å². The Balaban J connectivity index is 1.46. The molecule has 0 bridgehead atoms. The number of aromatic nitrogens is 3. The molecule has 0 spiro atoms. The molecule has 1 fully saturated rings. The Morgan fingerprint density at radius 1 is 1.09 bits per heavy atom. The van der Waals surface area contributed by atoms with E-state index in [0.717, 1.165) is 44.1 Å². The van der Waals surface area contributed by atoms with Crippen molar-refractivity contribution in [3.05, 3.63) is 48.2 Å². The summed E-state index contributed by atoms with van der Waals surface area (Å²) in [7, 11) is 0. The maximum Gasteiger partial charge on any atom is 0.223 e. The average Bonchev–Trinajstić information content (AvgIpc) is 3.00. The minimum atomic E-state index is 0.627. The molecular formula is C17H19N5O. The molecule has 4 rings (SSSR count). The van der Waals surface area contributed by atoms with Crippen LogP contribution in [0.5, 0.6) is 0 Å². The summed E-state index contributed by atoms with van der Waals surface area (Å²) < 4.78 is 5.04. The van der Waals surface area contributed by atoms with Crippen LogP contribution in [0.4, 0.5) is 5.69 Å². The van der Waals surface area contributed by atoms with Crippen LogP contribution in [0, 0.1) is 6.92 Å². The first-order valence-electron chi connectivity index (χ1n) is 7.90. The van der Waals surface area contributed by atoms with E-state index in [0.29, 0.717) is 5.89 Å². The number of para-hydroxylation sites is 1. The van der Waals surface area contributed by atoms with Crippen molar-refractivity contribution < 1.29 is 4.52 Å². The first-order valence-corrected chi connectivity index (χ1v) is 7.90. The van der Waals surface area contributed by atoms with Gasteiger partial charge in [0.25, 0.3) is 0 Å². The van der Waals surface area contributed by atoms with Crippen molar-refractivity contribution in [2.24, 2.45) is 0 Å². The smallest absolute Gasteiger partial charge is 0.223 e. The molecule has 3 heterocycles. The van der Waals surface area contributed by atoms with Crippen molar-refractivity contribution in [2.75, 3.05) is 31.1 Å². The quantitative estimate of drug-likeness (QED) is 0.739. The minimum absolute atomic E-state index is 0.627. The van der Waals surface area contributed by atoms with Crippen LogP contribution >= 0.6 is 0 Å². The Hall–Kier alpha value is -2.47. The second-order valence-electron chi connectivity index (χ2n) is 5.84. The standard InChI is InChI=1S/C17H19N5O/c1-13-19-17(20-23-13)12-21-8-10-22(11-9-21)16-6-7-18-15-5-3-2-4-14(15)16/h2-7H,8-12H2,1H3. The SMILES string of the molecule is Cc1nc(CN2CCN(c3ccnc4ccccc34)CC2)no1. The summed E-state index contributed by atoms with van der Waals surface area (Å²) in [4.78, 5) is 13.5. The lowest BCUT2D eigenvalue weighted by Gasteiger charge is -2.36. The number of nitrogens with zero attached hydrogens (tertiary/aromatic N) is 5. The van der Waals surface area contributed by atoms with Gasteiger partial charge in [0.05, 0.1) is 12.1 Å². The second kappa shape index (κ2) is 5.96. The molecule has 23 heavy (non-hydrogen) atoms. The van der Waals surface area contributed by atoms with Gasteiger partial charge in [-0.2, -0.15) is 4.98 Å². The lowest BCUT2D eigenvalue weighted by atomic mass is 10.1. The van der Waals surface area contributed by atoms with E-state index in [1.807, 2.05) is 19.2 Å². The zero-order valence-corrected chi connectivity index (χ0v) is 13.1. The van der Waals surface area contributed by atoms with Gasteiger partial charge in [-0.25, -0.2) is 0 Å². The summed E-state index contributed by atoms with van der Waals surface area (Å²) in [6.07, 6.45) is 1.89. The maximum absolute atomic E-state index is 5.04. The van der Waals surface area contributed by atoms with Crippen molar-refractivity contribution in [3.63, 3.8) is 0 Å². The summed E-state index contributed by atoms with van der Waals surface area (Å²) in [6.45, 7) is 6.54. The summed E-state index contributed by atoms with van der Waals surface area (Å²) in [6, 6.07) is 10.4. The number of aryl methyl sites for hydroxylation is 1. The molecule has 1 aliphatic heterocycles. The summed E-state index contributed by atoms with van der Waals surface area (Å²) >= 11 is 0. The van der Waals surface area contributed by atoms with Gasteiger partial charge in [0, 0.05) is 50.4 Å². The van der Waals surface area contributed by atoms with E-state index < -0.39 is 0 Å². The van der Waals surface area contributed by atoms with Crippen LogP contribution in [0.15, 0.2) is 41.1 Å². The van der Waals surface area contributed by atoms with Gasteiger partial charge in [0.2, 0.25) is 5.89 Å². The van der Waals surface area contributed by atoms with Gasteiger partial charge < -0.3 is 9.42 Å². The fraction of sp³-hybridized carbons (Fsp3) is 0.353. The minimum Gasteiger partial charge on any atom is -0.368 e. The highest BCUT2D eigenvalue weighted by Crippen LogP contribution is 2.26. The third-order valence-corrected chi connectivity index (χ3v) is 4.27. The fourth-order valence-corrected chi connectivity index (χ4v) is 3.11. The first-order chi connectivity index (χ1) is 11.3. The monoisotopic (exact) mass is 309 g/mol. The molecule has 0 saturated carbocycles. The van der Waals surface area contributed by atoms with Crippen LogP contribution in [0.1, 0.15) is 11.7 Å². The number of benzene rings is 1. The predicted octanol–water partition coefficient (Wildman–Crippen LogP) is 2.25. The number of rotatable bonds is 3. The van der Waals surface area contributed by atoms with E-state index in [1.54, 1.807) is 0 Å². The van der Waals surface area contributed by atoms with Crippen molar-refractivity contribution in [3.8, 4) is 0 Å². The molecule has 0 N–H and O–H groups in total. The number of fused-ring (bicyclic) bond motifs is 1. The van der Waals surface area contributed by atoms with Gasteiger partial charge in [-0.15, -0.1) is 0 Å². The highest BCUT2D eigenvalue weighted by atomic mass is 16.5. The molecule has 1 aromatic carbocycles. The van der Waals surface area contributed by atoms with E-state index in [4.69, 9.17) is 4.52 Å². The van der Waals surface area contributed by atoms with E-state index in [9.17, 15) is 0 Å². The first kappa shape index (κ1) is 14.1. The molecular weight excluding hydrogens is 290 g/mol. The lowest BCUT2D eigenvalue weighted by Crippen LogP contribution is -2.46. The summed E-state index contributed by atoms with van der Waals surface area (Å²) in [5.74, 6) is 1.40. The Labute approximate surface area is 134 Å². The molecule has 3 aromatic rings. The van der Waals surface area contributed by atoms with Crippen LogP contribution in [0.25, 0.3) is 10.9 Å². The van der Waals surface area contributed by atoms with Gasteiger partial charge in [-0.1, -0.05) is 23.4 Å². The number of pyridine rings is 1. The van der Waals surface area contributed by atoms with E-state index >= 15 is 0 Å². The molecule has 6 nitrogen and oxygen atoms in total. The molecule has 0 aliphatic carbocycles. The van der Waals surface area contributed by atoms with Crippen molar-refractivity contribution in [1.29, 1.82) is 0 Å². The highest BCUT2D eigenvalue weighted by molar-refractivity contribution is 5.91. The molecule has 0 unspecified atom stereocenters. The highest BCUT2D eigenvalue weighted by Gasteiger charge is 2.20. The molecule has 1 saturated heterocycles. The summed E-state index contributed by atoms with van der Waals surface area (Å²) in [5.41, 5.74) is 2.32. The van der Waals surface area contributed by atoms with Crippen LogP contribution in [0.3, 0.4) is 0 Å². The number of hydrogen-bond acceptors (Lipinski definition) is 6. The van der Waals surface area contributed by atoms with Crippen LogP contribution in [-0.2, 0) is 6.54 Å². The lowest BCUT2D eigenvalue weighted by molar-refractivity contribution is 0.240. The van der Waals surface area contributed by atoms with Crippen LogP contribution < -0.4 is 4.90 Å². The van der Waals surface area contributed by atoms with Gasteiger partial charge >= 0.3 is 0 Å². The van der Waals surface area contributed by atoms with Crippen molar-refractivity contribution in [2.45, 2.75) is 13.5 Å². The van der Waals surface area contributed by atoms with Crippen molar-refractivity contribution >= 4 is 16.6 Å². The van der Waals surface area contributed by atoms with Crippen molar-refractivity contribution in [1.82, 2.24) is 20.0 Å². The third-order valence-electron chi connectivity index (χ3n) is 4.27. The zero-order valence-electron chi connectivity index (χ0n) is 13.1. The number of hydrogen-bond donors (Lipinski definition) is 0. The van der Waals surface area contributed by atoms with Gasteiger partial charge in [-0.05, 0) is 12.1 Å². The normalized spacial score (nSPS) is 16.1. The Bertz CT molecular complexity index is 802. The Morgan fingerprint density at radius 3 is 2.70 bits per heavy atom. The van der Waals surface area contributed by atoms with E-state index in [1.165, 1.54) is 11.1 Å². The summed E-state index contributed by atoms with van der Waals surface area (Å²) in [5, 5.41) is 5.20. The maximum atomic E-state index is 5.04. The fourth-order valence-electron chi connectivity index (χ4n) is 3.11. The molecule has 0 amide bonds. The Kier molecular flexibility index (Phi) is 3.67.